The van der Waals surface area contributed by atoms with Gasteiger partial charge in [0.05, 0.1) is 20.4 Å². The standard InChI is InChI=1S/C22H22N2O6S3/c23-33(29,30)19-11-9-16(10-12-19)13-24-14-17-5-4-8-20-22(17)21(15-31(20,25)26)32(27,28)18-6-2-1-3-7-18/h1-12,21,24H,13-15H2,(H2,23,29,30). The van der Waals surface area contributed by atoms with Gasteiger partial charge in [0.2, 0.25) is 10.0 Å². The van der Waals surface area contributed by atoms with Crippen LogP contribution in [0.1, 0.15) is 21.9 Å². The van der Waals surface area contributed by atoms with Gasteiger partial charge in [-0.15, -0.1) is 0 Å². The van der Waals surface area contributed by atoms with Crippen molar-refractivity contribution in [3.63, 3.8) is 0 Å². The van der Waals surface area contributed by atoms with E-state index in [0.29, 0.717) is 17.7 Å². The molecule has 33 heavy (non-hydrogen) atoms. The zero-order valence-electron chi connectivity index (χ0n) is 17.4. The lowest BCUT2D eigenvalue weighted by Gasteiger charge is -2.16. The number of nitrogens with one attached hydrogen (secondary N) is 1. The first-order valence-electron chi connectivity index (χ1n) is 9.96. The second-order valence-corrected chi connectivity index (χ2v) is 13.4. The fourth-order valence-corrected chi connectivity index (χ4v) is 8.85. The molecule has 0 fully saturated rings. The van der Waals surface area contributed by atoms with Crippen LogP contribution in [0.5, 0.6) is 0 Å². The van der Waals surface area contributed by atoms with E-state index >= 15 is 0 Å². The Balaban J connectivity index is 1.61. The molecule has 174 valence electrons. The van der Waals surface area contributed by atoms with Crippen molar-refractivity contribution in [2.75, 3.05) is 5.75 Å². The Morgan fingerprint density at radius 2 is 1.48 bits per heavy atom. The molecule has 0 bridgehead atoms. The molecule has 0 radical (unpaired) electrons. The average molecular weight is 507 g/mol. The van der Waals surface area contributed by atoms with E-state index in [0.717, 1.165) is 5.56 Å². The fraction of sp³-hybridized carbons (Fsp3) is 0.182. The van der Waals surface area contributed by atoms with Crippen molar-refractivity contribution in [2.45, 2.75) is 33.0 Å². The van der Waals surface area contributed by atoms with Crippen molar-refractivity contribution in [3.8, 4) is 0 Å². The Hall–Kier alpha value is -2.57. The first-order chi connectivity index (χ1) is 15.5. The molecule has 0 spiro atoms. The zero-order chi connectivity index (χ0) is 23.9. The molecule has 1 heterocycles. The van der Waals surface area contributed by atoms with E-state index in [1.54, 1.807) is 42.5 Å². The lowest BCUT2D eigenvalue weighted by Crippen LogP contribution is -2.19. The van der Waals surface area contributed by atoms with E-state index in [1.807, 2.05) is 0 Å². The third-order valence-electron chi connectivity index (χ3n) is 5.53. The SMILES string of the molecule is NS(=O)(=O)c1ccc(CNCc2cccc3c2C(S(=O)(=O)c2ccccc2)CS3(=O)=O)cc1. The minimum atomic E-state index is -3.92. The molecule has 3 aromatic rings. The van der Waals surface area contributed by atoms with Gasteiger partial charge in [0, 0.05) is 13.1 Å². The molecule has 1 atom stereocenters. The van der Waals surface area contributed by atoms with E-state index in [-0.39, 0.29) is 21.2 Å². The van der Waals surface area contributed by atoms with Gasteiger partial charge in [0.1, 0.15) is 5.25 Å². The van der Waals surface area contributed by atoms with Gasteiger partial charge < -0.3 is 5.32 Å². The number of benzene rings is 3. The summed E-state index contributed by atoms with van der Waals surface area (Å²) in [6.07, 6.45) is 0. The minimum Gasteiger partial charge on any atom is -0.309 e. The Morgan fingerprint density at radius 3 is 2.12 bits per heavy atom. The topological polar surface area (TPSA) is 140 Å². The molecule has 1 aliphatic heterocycles. The lowest BCUT2D eigenvalue weighted by molar-refractivity contribution is 0.581. The number of primary sulfonamides is 1. The van der Waals surface area contributed by atoms with Gasteiger partial charge in [-0.2, -0.15) is 0 Å². The summed E-state index contributed by atoms with van der Waals surface area (Å²) in [5.74, 6) is -0.494. The summed E-state index contributed by atoms with van der Waals surface area (Å²) < 4.78 is 74.9. The number of hydrogen-bond donors (Lipinski definition) is 2. The summed E-state index contributed by atoms with van der Waals surface area (Å²) in [5.41, 5.74) is 1.67. The molecule has 3 aromatic carbocycles. The predicted molar refractivity (Wildman–Crippen MR) is 123 cm³/mol. The van der Waals surface area contributed by atoms with Crippen molar-refractivity contribution >= 4 is 29.7 Å². The first kappa shape index (κ1) is 23.6. The van der Waals surface area contributed by atoms with Crippen LogP contribution in [0, 0.1) is 0 Å². The van der Waals surface area contributed by atoms with Crippen LogP contribution in [0.25, 0.3) is 0 Å². The van der Waals surface area contributed by atoms with Gasteiger partial charge in [0.15, 0.2) is 19.7 Å². The summed E-state index contributed by atoms with van der Waals surface area (Å²) in [7, 11) is -11.4. The molecular formula is C22H22N2O6S3. The highest BCUT2D eigenvalue weighted by molar-refractivity contribution is 7.96. The molecule has 11 heteroatoms. The summed E-state index contributed by atoms with van der Waals surface area (Å²) in [6, 6.07) is 18.6. The second kappa shape index (κ2) is 8.65. The van der Waals surface area contributed by atoms with E-state index in [9.17, 15) is 25.3 Å². The highest BCUT2D eigenvalue weighted by Gasteiger charge is 2.44. The first-order valence-corrected chi connectivity index (χ1v) is 14.7. The molecular weight excluding hydrogens is 484 g/mol. The van der Waals surface area contributed by atoms with Crippen molar-refractivity contribution in [3.05, 3.63) is 89.5 Å². The molecule has 4 rings (SSSR count). The van der Waals surface area contributed by atoms with Crippen LogP contribution >= 0.6 is 0 Å². The fourth-order valence-electron chi connectivity index (χ4n) is 3.91. The summed E-state index contributed by atoms with van der Waals surface area (Å²) in [4.78, 5) is 0.130. The van der Waals surface area contributed by atoms with Gasteiger partial charge in [-0.05, 0) is 47.0 Å². The van der Waals surface area contributed by atoms with E-state index < -0.39 is 40.7 Å². The molecule has 8 nitrogen and oxygen atoms in total. The molecule has 0 aromatic heterocycles. The maximum atomic E-state index is 13.3. The Bertz CT molecular complexity index is 1500. The van der Waals surface area contributed by atoms with Crippen molar-refractivity contribution < 1.29 is 25.3 Å². The maximum Gasteiger partial charge on any atom is 0.238 e. The third kappa shape index (κ3) is 4.73. The van der Waals surface area contributed by atoms with E-state index in [1.165, 1.54) is 30.3 Å². The second-order valence-electron chi connectivity index (χ2n) is 7.75. The smallest absolute Gasteiger partial charge is 0.238 e. The van der Waals surface area contributed by atoms with Gasteiger partial charge >= 0.3 is 0 Å². The van der Waals surface area contributed by atoms with Crippen LogP contribution in [0.4, 0.5) is 0 Å². The normalized spacial score (nSPS) is 17.5. The minimum absolute atomic E-state index is 0.00583. The predicted octanol–water partition coefficient (Wildman–Crippen LogP) is 1.93. The van der Waals surface area contributed by atoms with Crippen molar-refractivity contribution in [1.29, 1.82) is 0 Å². The average Bonchev–Trinajstić information content (AvgIpc) is 3.06. The van der Waals surface area contributed by atoms with Crippen LogP contribution in [0.3, 0.4) is 0 Å². The van der Waals surface area contributed by atoms with E-state index in [2.05, 4.69) is 5.32 Å². The van der Waals surface area contributed by atoms with Crippen LogP contribution in [0.15, 0.2) is 87.5 Å². The number of rotatable bonds is 7. The Kier molecular flexibility index (Phi) is 6.18. The third-order valence-corrected chi connectivity index (χ3v) is 10.5. The van der Waals surface area contributed by atoms with Crippen molar-refractivity contribution in [1.82, 2.24) is 5.32 Å². The molecule has 0 amide bonds. The van der Waals surface area contributed by atoms with Crippen LogP contribution in [0.2, 0.25) is 0 Å². The Labute approximate surface area is 193 Å². The van der Waals surface area contributed by atoms with Crippen LogP contribution in [-0.2, 0) is 42.8 Å². The molecule has 1 aliphatic rings. The molecule has 1 unspecified atom stereocenters. The van der Waals surface area contributed by atoms with Gasteiger partial charge in [0.25, 0.3) is 0 Å². The molecule has 3 N–H and O–H groups in total. The molecule has 0 aliphatic carbocycles. The summed E-state index contributed by atoms with van der Waals surface area (Å²) >= 11 is 0. The molecule has 0 saturated carbocycles. The molecule has 0 saturated heterocycles. The van der Waals surface area contributed by atoms with Gasteiger partial charge in [-0.3, -0.25) is 0 Å². The highest BCUT2D eigenvalue weighted by Crippen LogP contribution is 2.42. The van der Waals surface area contributed by atoms with Crippen molar-refractivity contribution in [2.24, 2.45) is 5.14 Å². The lowest BCUT2D eigenvalue weighted by atomic mass is 10.0. The van der Waals surface area contributed by atoms with Gasteiger partial charge in [-0.1, -0.05) is 42.5 Å². The Morgan fingerprint density at radius 1 is 0.818 bits per heavy atom. The van der Waals surface area contributed by atoms with E-state index in [4.69, 9.17) is 5.14 Å². The quantitative estimate of drug-likeness (QED) is 0.499. The summed E-state index contributed by atoms with van der Waals surface area (Å²) in [5, 5.41) is 7.09. The largest absolute Gasteiger partial charge is 0.309 e. The monoisotopic (exact) mass is 506 g/mol. The summed E-state index contributed by atoms with van der Waals surface area (Å²) in [6.45, 7) is 0.591. The maximum absolute atomic E-state index is 13.3. The zero-order valence-corrected chi connectivity index (χ0v) is 19.8. The number of sulfonamides is 1. The number of hydrogen-bond acceptors (Lipinski definition) is 7. The number of fused-ring (bicyclic) bond motifs is 1. The highest BCUT2D eigenvalue weighted by atomic mass is 32.2. The van der Waals surface area contributed by atoms with Crippen LogP contribution < -0.4 is 10.5 Å². The van der Waals surface area contributed by atoms with Crippen LogP contribution in [-0.4, -0.2) is 31.0 Å². The number of nitrogens with two attached hydrogens (primary N) is 1. The number of sulfone groups is 2. The van der Waals surface area contributed by atoms with Gasteiger partial charge in [-0.25, -0.2) is 30.4 Å².